The van der Waals surface area contributed by atoms with Crippen molar-refractivity contribution in [2.24, 2.45) is 5.73 Å². The summed E-state index contributed by atoms with van der Waals surface area (Å²) in [7, 11) is 0. The van der Waals surface area contributed by atoms with Crippen molar-refractivity contribution in [2.45, 2.75) is 65.5 Å². The lowest BCUT2D eigenvalue weighted by Gasteiger charge is -2.30. The summed E-state index contributed by atoms with van der Waals surface area (Å²) in [6.07, 6.45) is 0. The zero-order valence-corrected chi connectivity index (χ0v) is 12.8. The third-order valence-corrected chi connectivity index (χ3v) is 3.53. The molecule has 1 atom stereocenters. The van der Waals surface area contributed by atoms with Crippen LogP contribution in [0.3, 0.4) is 0 Å². The van der Waals surface area contributed by atoms with Gasteiger partial charge in [0, 0.05) is 0 Å². The number of benzene rings is 1. The average molecular weight is 249 g/mol. The van der Waals surface area contributed by atoms with Crippen LogP contribution < -0.4 is 5.73 Å². The highest BCUT2D eigenvalue weighted by atomic mass is 16.3. The maximum Gasteiger partial charge on any atom is 0.0783 e. The summed E-state index contributed by atoms with van der Waals surface area (Å²) >= 11 is 0. The Morgan fingerprint density at radius 2 is 1.39 bits per heavy atom. The second-order valence-electron chi connectivity index (χ2n) is 6.91. The molecule has 0 spiro atoms. The lowest BCUT2D eigenvalue weighted by atomic mass is 9.80. The molecule has 0 radical (unpaired) electrons. The molecule has 3 N–H and O–H groups in total. The molecular weight excluding hydrogens is 222 g/mol. The Labute approximate surface area is 111 Å². The first-order valence-electron chi connectivity index (χ1n) is 6.54. The smallest absolute Gasteiger partial charge is 0.0783 e. The van der Waals surface area contributed by atoms with Crippen LogP contribution in [0.2, 0.25) is 0 Å². The predicted molar refractivity (Wildman–Crippen MR) is 77.8 cm³/mol. The molecule has 0 saturated carbocycles. The van der Waals surface area contributed by atoms with Crippen LogP contribution in [0, 0.1) is 13.8 Å². The topological polar surface area (TPSA) is 46.2 Å². The van der Waals surface area contributed by atoms with Crippen LogP contribution in [0.15, 0.2) is 12.1 Å². The minimum atomic E-state index is -0.904. The van der Waals surface area contributed by atoms with Crippen LogP contribution in [0.4, 0.5) is 0 Å². The number of nitrogens with two attached hydrogens (primary N) is 1. The molecule has 2 heteroatoms. The van der Waals surface area contributed by atoms with Gasteiger partial charge in [0.05, 0.1) is 11.6 Å². The van der Waals surface area contributed by atoms with Gasteiger partial charge in [0.2, 0.25) is 0 Å². The number of hydrogen-bond acceptors (Lipinski definition) is 2. The van der Waals surface area contributed by atoms with Gasteiger partial charge >= 0.3 is 0 Å². The fourth-order valence-electron chi connectivity index (χ4n) is 2.25. The van der Waals surface area contributed by atoms with Gasteiger partial charge in [-0.2, -0.15) is 0 Å². The van der Waals surface area contributed by atoms with E-state index in [1.165, 1.54) is 5.56 Å². The van der Waals surface area contributed by atoms with Crippen LogP contribution in [-0.4, -0.2) is 10.7 Å². The van der Waals surface area contributed by atoms with Gasteiger partial charge in [0.1, 0.15) is 0 Å². The van der Waals surface area contributed by atoms with E-state index in [0.717, 1.165) is 16.7 Å². The Kier molecular flexibility index (Phi) is 3.94. The Morgan fingerprint density at radius 1 is 1.00 bits per heavy atom. The van der Waals surface area contributed by atoms with Gasteiger partial charge in [-0.1, -0.05) is 32.9 Å². The second-order valence-corrected chi connectivity index (χ2v) is 6.91. The molecule has 2 nitrogen and oxygen atoms in total. The highest BCUT2D eigenvalue weighted by Crippen LogP contribution is 2.32. The molecule has 0 bridgehead atoms. The monoisotopic (exact) mass is 249 g/mol. The fraction of sp³-hybridized carbons (Fsp3) is 0.625. The SMILES string of the molecule is Cc1cc(C(C)(C)C)cc(C)c1C(N)C(C)(C)O. The largest absolute Gasteiger partial charge is 0.388 e. The number of aliphatic hydroxyl groups is 1. The van der Waals surface area contributed by atoms with Gasteiger partial charge in [-0.25, -0.2) is 0 Å². The van der Waals surface area contributed by atoms with Crippen molar-refractivity contribution in [3.63, 3.8) is 0 Å². The zero-order chi connectivity index (χ0) is 14.3. The molecule has 0 heterocycles. The Bertz CT molecular complexity index is 412. The molecule has 0 saturated heterocycles. The van der Waals surface area contributed by atoms with Crippen molar-refractivity contribution in [2.75, 3.05) is 0 Å². The summed E-state index contributed by atoms with van der Waals surface area (Å²) in [6.45, 7) is 14.3. The molecule has 102 valence electrons. The van der Waals surface area contributed by atoms with Crippen LogP contribution in [0.5, 0.6) is 0 Å². The molecule has 0 aliphatic carbocycles. The van der Waals surface area contributed by atoms with Crippen molar-refractivity contribution in [3.05, 3.63) is 34.4 Å². The van der Waals surface area contributed by atoms with Gasteiger partial charge in [-0.3, -0.25) is 0 Å². The molecular formula is C16H27NO. The van der Waals surface area contributed by atoms with E-state index in [0.29, 0.717) is 0 Å². The molecule has 1 aromatic rings. The zero-order valence-electron chi connectivity index (χ0n) is 12.8. The van der Waals surface area contributed by atoms with Crippen LogP contribution >= 0.6 is 0 Å². The molecule has 0 fully saturated rings. The van der Waals surface area contributed by atoms with E-state index in [1.54, 1.807) is 13.8 Å². The van der Waals surface area contributed by atoms with Crippen molar-refractivity contribution >= 4 is 0 Å². The van der Waals surface area contributed by atoms with E-state index >= 15 is 0 Å². The first-order chi connectivity index (χ1) is 7.94. The number of aryl methyl sites for hydroxylation is 2. The summed E-state index contributed by atoms with van der Waals surface area (Å²) in [4.78, 5) is 0. The van der Waals surface area contributed by atoms with Crippen LogP contribution in [0.1, 0.15) is 62.9 Å². The molecule has 1 aromatic carbocycles. The van der Waals surface area contributed by atoms with Gasteiger partial charge in [0.25, 0.3) is 0 Å². The highest BCUT2D eigenvalue weighted by molar-refractivity contribution is 5.43. The summed E-state index contributed by atoms with van der Waals surface area (Å²) in [5.41, 5.74) is 10.1. The Morgan fingerprint density at radius 3 is 1.67 bits per heavy atom. The molecule has 0 aromatic heterocycles. The maximum atomic E-state index is 10.1. The van der Waals surface area contributed by atoms with E-state index < -0.39 is 5.60 Å². The Hall–Kier alpha value is -0.860. The predicted octanol–water partition coefficient (Wildman–Crippen LogP) is 3.37. The molecule has 0 aliphatic heterocycles. The van der Waals surface area contributed by atoms with E-state index in [2.05, 4.69) is 46.8 Å². The van der Waals surface area contributed by atoms with Gasteiger partial charge in [0.15, 0.2) is 0 Å². The van der Waals surface area contributed by atoms with E-state index in [4.69, 9.17) is 5.73 Å². The average Bonchev–Trinajstić information content (AvgIpc) is 2.13. The van der Waals surface area contributed by atoms with Crippen LogP contribution in [-0.2, 0) is 5.41 Å². The molecule has 0 amide bonds. The van der Waals surface area contributed by atoms with Gasteiger partial charge in [-0.15, -0.1) is 0 Å². The summed E-state index contributed by atoms with van der Waals surface area (Å²) < 4.78 is 0. The quantitative estimate of drug-likeness (QED) is 0.844. The minimum absolute atomic E-state index is 0.132. The van der Waals surface area contributed by atoms with Crippen molar-refractivity contribution in [1.29, 1.82) is 0 Å². The third-order valence-electron chi connectivity index (χ3n) is 3.53. The molecule has 1 rings (SSSR count). The van der Waals surface area contributed by atoms with Crippen LogP contribution in [0.25, 0.3) is 0 Å². The first-order valence-corrected chi connectivity index (χ1v) is 6.54. The van der Waals surface area contributed by atoms with Crippen molar-refractivity contribution < 1.29 is 5.11 Å². The normalized spacial score (nSPS) is 14.7. The lowest BCUT2D eigenvalue weighted by molar-refractivity contribution is 0.0513. The molecule has 18 heavy (non-hydrogen) atoms. The standard InChI is InChI=1S/C16H27NO/c1-10-8-12(15(3,4)5)9-11(2)13(10)14(17)16(6,7)18/h8-9,14,18H,17H2,1-7H3. The lowest BCUT2D eigenvalue weighted by Crippen LogP contribution is -2.36. The van der Waals surface area contributed by atoms with E-state index in [-0.39, 0.29) is 11.5 Å². The fourth-order valence-corrected chi connectivity index (χ4v) is 2.25. The van der Waals surface area contributed by atoms with E-state index in [9.17, 15) is 5.11 Å². The van der Waals surface area contributed by atoms with Gasteiger partial charge < -0.3 is 10.8 Å². The highest BCUT2D eigenvalue weighted by Gasteiger charge is 2.28. The minimum Gasteiger partial charge on any atom is -0.388 e. The maximum absolute atomic E-state index is 10.1. The number of rotatable bonds is 2. The number of hydrogen-bond donors (Lipinski definition) is 2. The van der Waals surface area contributed by atoms with Crippen molar-refractivity contribution in [1.82, 2.24) is 0 Å². The van der Waals surface area contributed by atoms with Crippen molar-refractivity contribution in [3.8, 4) is 0 Å². The summed E-state index contributed by atoms with van der Waals surface area (Å²) in [5, 5.41) is 10.1. The molecule has 0 aliphatic rings. The van der Waals surface area contributed by atoms with E-state index in [1.807, 2.05) is 0 Å². The van der Waals surface area contributed by atoms with Gasteiger partial charge in [-0.05, 0) is 55.4 Å². The Balaban J connectivity index is 3.34. The summed E-state index contributed by atoms with van der Waals surface area (Å²) in [5.74, 6) is 0. The summed E-state index contributed by atoms with van der Waals surface area (Å²) in [6, 6.07) is 4.02. The third kappa shape index (κ3) is 3.12. The first kappa shape index (κ1) is 15.2. The molecule has 1 unspecified atom stereocenters. The second kappa shape index (κ2) is 4.67.